The van der Waals surface area contributed by atoms with Gasteiger partial charge in [0.05, 0.1) is 0 Å². The Hall–Kier alpha value is -1.41. The molecule has 2 aromatic rings. The average molecular weight is 263 g/mol. The van der Waals surface area contributed by atoms with Gasteiger partial charge in [0.15, 0.2) is 0 Å². The Bertz CT molecular complexity index is 354. The molecule has 0 saturated heterocycles. The van der Waals surface area contributed by atoms with E-state index in [1.807, 2.05) is 48.5 Å². The predicted molar refractivity (Wildman–Crippen MR) is 66.0 cm³/mol. The molecule has 0 aromatic heterocycles. The molecule has 76 valence electrons. The van der Waals surface area contributed by atoms with Crippen LogP contribution in [0, 0.1) is 0 Å². The smallest absolute Gasteiger partial charge is 0.150 e. The van der Waals surface area contributed by atoms with Crippen LogP contribution in [0.15, 0.2) is 65.1 Å². The third-order valence-electron chi connectivity index (χ3n) is 1.67. The largest absolute Gasteiger partial charge is 0.298 e. The summed E-state index contributed by atoms with van der Waals surface area (Å²) in [5.41, 5.74) is 0.707. The normalized spacial score (nSPS) is 8.60. The lowest BCUT2D eigenvalue weighted by Crippen LogP contribution is -1.75. The second-order valence-corrected chi connectivity index (χ2v) is 3.74. The highest BCUT2D eigenvalue weighted by atomic mass is 79.9. The van der Waals surface area contributed by atoms with Crippen molar-refractivity contribution in [2.45, 2.75) is 0 Å². The van der Waals surface area contributed by atoms with E-state index in [1.54, 1.807) is 12.1 Å². The first kappa shape index (κ1) is 11.7. The van der Waals surface area contributed by atoms with Crippen molar-refractivity contribution in [3.8, 4) is 0 Å². The highest BCUT2D eigenvalue weighted by molar-refractivity contribution is 9.10. The van der Waals surface area contributed by atoms with E-state index < -0.39 is 0 Å². The number of hydrogen-bond donors (Lipinski definition) is 0. The lowest BCUT2D eigenvalue weighted by Gasteiger charge is -1.87. The molecule has 15 heavy (non-hydrogen) atoms. The topological polar surface area (TPSA) is 17.1 Å². The molecule has 0 aliphatic heterocycles. The van der Waals surface area contributed by atoms with Crippen LogP contribution < -0.4 is 0 Å². The molecule has 0 atom stereocenters. The minimum Gasteiger partial charge on any atom is -0.298 e. The molecule has 0 fully saturated rings. The third-order valence-corrected chi connectivity index (χ3v) is 2.20. The van der Waals surface area contributed by atoms with Gasteiger partial charge in [0.25, 0.3) is 0 Å². The molecule has 0 aliphatic rings. The lowest BCUT2D eigenvalue weighted by atomic mass is 10.2. The molecule has 0 unspecified atom stereocenters. The van der Waals surface area contributed by atoms with Crippen molar-refractivity contribution in [2.75, 3.05) is 0 Å². The second-order valence-electron chi connectivity index (χ2n) is 2.82. The SMILES string of the molecule is O=Cc1ccc(Br)cc1.c1ccccc1. The molecule has 2 heteroatoms. The maximum absolute atomic E-state index is 10.1. The van der Waals surface area contributed by atoms with Gasteiger partial charge in [0.2, 0.25) is 0 Å². The lowest BCUT2D eigenvalue weighted by molar-refractivity contribution is 0.112. The summed E-state index contributed by atoms with van der Waals surface area (Å²) in [5, 5.41) is 0. The maximum Gasteiger partial charge on any atom is 0.150 e. The van der Waals surface area contributed by atoms with Gasteiger partial charge in [-0.05, 0) is 12.1 Å². The van der Waals surface area contributed by atoms with Crippen molar-refractivity contribution in [1.29, 1.82) is 0 Å². The molecule has 0 bridgehead atoms. The van der Waals surface area contributed by atoms with E-state index in [0.717, 1.165) is 10.8 Å². The highest BCUT2D eigenvalue weighted by Gasteiger charge is 1.86. The molecular formula is C13H11BrO. The summed E-state index contributed by atoms with van der Waals surface area (Å²) in [6.45, 7) is 0. The van der Waals surface area contributed by atoms with E-state index in [0.29, 0.717) is 5.56 Å². The molecule has 1 nitrogen and oxygen atoms in total. The summed E-state index contributed by atoms with van der Waals surface area (Å²) in [6.07, 6.45) is 0.826. The summed E-state index contributed by atoms with van der Waals surface area (Å²) in [6, 6.07) is 19.2. The Morgan fingerprint density at radius 2 is 1.20 bits per heavy atom. The minimum atomic E-state index is 0.707. The highest BCUT2D eigenvalue weighted by Crippen LogP contribution is 2.08. The fourth-order valence-electron chi connectivity index (χ4n) is 0.926. The summed E-state index contributed by atoms with van der Waals surface area (Å²) < 4.78 is 0.994. The van der Waals surface area contributed by atoms with Crippen LogP contribution in [0.3, 0.4) is 0 Å². The maximum atomic E-state index is 10.1. The summed E-state index contributed by atoms with van der Waals surface area (Å²) in [7, 11) is 0. The monoisotopic (exact) mass is 262 g/mol. The number of carbonyl (C=O) groups excluding carboxylic acids is 1. The van der Waals surface area contributed by atoms with E-state index in [2.05, 4.69) is 15.9 Å². The zero-order valence-corrected chi connectivity index (χ0v) is 9.72. The van der Waals surface area contributed by atoms with Crippen molar-refractivity contribution in [1.82, 2.24) is 0 Å². The molecule has 0 spiro atoms. The number of aldehydes is 1. The van der Waals surface area contributed by atoms with Gasteiger partial charge < -0.3 is 0 Å². The molecule has 0 aliphatic carbocycles. The van der Waals surface area contributed by atoms with E-state index >= 15 is 0 Å². The Balaban J connectivity index is 0.000000162. The van der Waals surface area contributed by atoms with Gasteiger partial charge in [0.1, 0.15) is 6.29 Å². The standard InChI is InChI=1S/C7H5BrO.C6H6/c8-7-3-1-6(5-9)2-4-7;1-2-4-6-5-3-1/h1-5H;1-6H. The molecule has 0 heterocycles. The Labute approximate surface area is 97.9 Å². The van der Waals surface area contributed by atoms with Crippen molar-refractivity contribution in [2.24, 2.45) is 0 Å². The number of hydrogen-bond acceptors (Lipinski definition) is 1. The second kappa shape index (κ2) is 6.96. The van der Waals surface area contributed by atoms with E-state index in [4.69, 9.17) is 0 Å². The van der Waals surface area contributed by atoms with Crippen LogP contribution in [0.4, 0.5) is 0 Å². The molecule has 0 saturated carbocycles. The molecule has 0 radical (unpaired) electrons. The quantitative estimate of drug-likeness (QED) is 0.712. The first-order valence-corrected chi connectivity index (χ1v) is 5.33. The Morgan fingerprint density at radius 3 is 1.53 bits per heavy atom. The molecule has 2 rings (SSSR count). The fraction of sp³-hybridized carbons (Fsp3) is 0. The summed E-state index contributed by atoms with van der Waals surface area (Å²) in [5.74, 6) is 0. The third kappa shape index (κ3) is 5.13. The van der Waals surface area contributed by atoms with Crippen LogP contribution in [0.5, 0.6) is 0 Å². The Morgan fingerprint density at radius 1 is 0.800 bits per heavy atom. The van der Waals surface area contributed by atoms with Crippen LogP contribution in [-0.2, 0) is 0 Å². The number of benzene rings is 2. The van der Waals surface area contributed by atoms with Crippen LogP contribution in [-0.4, -0.2) is 6.29 Å². The van der Waals surface area contributed by atoms with Gasteiger partial charge in [-0.25, -0.2) is 0 Å². The molecule has 0 N–H and O–H groups in total. The van der Waals surface area contributed by atoms with Crippen LogP contribution >= 0.6 is 15.9 Å². The molecule has 2 aromatic carbocycles. The van der Waals surface area contributed by atoms with Crippen LogP contribution in [0.25, 0.3) is 0 Å². The zero-order valence-electron chi connectivity index (χ0n) is 8.14. The zero-order chi connectivity index (χ0) is 10.9. The number of carbonyl (C=O) groups is 1. The Kier molecular flexibility index (Phi) is 5.41. The van der Waals surface area contributed by atoms with Gasteiger partial charge in [0, 0.05) is 10.0 Å². The average Bonchev–Trinajstić information content (AvgIpc) is 2.33. The summed E-state index contributed by atoms with van der Waals surface area (Å²) >= 11 is 3.26. The van der Waals surface area contributed by atoms with Crippen molar-refractivity contribution >= 4 is 22.2 Å². The van der Waals surface area contributed by atoms with Crippen molar-refractivity contribution < 1.29 is 4.79 Å². The first-order valence-electron chi connectivity index (χ1n) is 4.53. The number of halogens is 1. The number of rotatable bonds is 1. The van der Waals surface area contributed by atoms with Gasteiger partial charge in [-0.15, -0.1) is 0 Å². The van der Waals surface area contributed by atoms with Gasteiger partial charge >= 0.3 is 0 Å². The van der Waals surface area contributed by atoms with Crippen molar-refractivity contribution in [3.05, 3.63) is 70.7 Å². The van der Waals surface area contributed by atoms with E-state index in [1.165, 1.54) is 0 Å². The molecule has 0 amide bonds. The van der Waals surface area contributed by atoms with Gasteiger partial charge in [-0.3, -0.25) is 4.79 Å². The van der Waals surface area contributed by atoms with E-state index in [9.17, 15) is 4.79 Å². The van der Waals surface area contributed by atoms with Gasteiger partial charge in [-0.1, -0.05) is 64.5 Å². The predicted octanol–water partition coefficient (Wildman–Crippen LogP) is 3.95. The van der Waals surface area contributed by atoms with Crippen molar-refractivity contribution in [3.63, 3.8) is 0 Å². The van der Waals surface area contributed by atoms with E-state index in [-0.39, 0.29) is 0 Å². The van der Waals surface area contributed by atoms with Crippen LogP contribution in [0.1, 0.15) is 10.4 Å². The van der Waals surface area contributed by atoms with Crippen LogP contribution in [0.2, 0.25) is 0 Å². The van der Waals surface area contributed by atoms with Gasteiger partial charge in [-0.2, -0.15) is 0 Å². The minimum absolute atomic E-state index is 0.707. The molecular weight excluding hydrogens is 252 g/mol. The summed E-state index contributed by atoms with van der Waals surface area (Å²) in [4.78, 5) is 10.1. The first-order chi connectivity index (χ1) is 7.33. The fourth-order valence-corrected chi connectivity index (χ4v) is 1.19.